The molecule has 172 valence electrons. The Morgan fingerprint density at radius 1 is 1.19 bits per heavy atom. The van der Waals surface area contributed by atoms with E-state index in [1.54, 1.807) is 0 Å². The minimum absolute atomic E-state index is 0.0914. The minimum atomic E-state index is -0.554. The smallest absolute Gasteiger partial charge is 0.245 e. The van der Waals surface area contributed by atoms with Gasteiger partial charge in [0.25, 0.3) is 0 Å². The average molecular weight is 440 g/mol. The van der Waals surface area contributed by atoms with Crippen LogP contribution in [0.2, 0.25) is 0 Å². The van der Waals surface area contributed by atoms with E-state index >= 15 is 0 Å². The largest absolute Gasteiger partial charge is 0.391 e. The van der Waals surface area contributed by atoms with Crippen LogP contribution >= 0.6 is 0 Å². The number of rotatable bonds is 5. The third-order valence-electron chi connectivity index (χ3n) is 6.88. The van der Waals surface area contributed by atoms with E-state index in [-0.39, 0.29) is 5.91 Å². The SMILES string of the molecule is CC(C)c1cc(Nc2nc(N3C[C@H](O)CC3C(=O)N3CCCCC3)nc3c2CCC3)n[nH]1. The molecular weight excluding hydrogens is 406 g/mol. The number of carbonyl (C=O) groups is 1. The molecule has 3 N–H and O–H groups in total. The first-order chi connectivity index (χ1) is 15.5. The lowest BCUT2D eigenvalue weighted by molar-refractivity contribution is -0.133. The number of nitrogens with zero attached hydrogens (tertiary/aromatic N) is 5. The number of carbonyl (C=O) groups excluding carboxylic acids is 1. The van der Waals surface area contributed by atoms with Gasteiger partial charge in [0.05, 0.1) is 11.8 Å². The van der Waals surface area contributed by atoms with E-state index in [9.17, 15) is 9.90 Å². The summed E-state index contributed by atoms with van der Waals surface area (Å²) in [5, 5.41) is 21.3. The topological polar surface area (TPSA) is 110 Å². The lowest BCUT2D eigenvalue weighted by Gasteiger charge is -2.32. The second kappa shape index (κ2) is 8.69. The Balaban J connectivity index is 1.44. The summed E-state index contributed by atoms with van der Waals surface area (Å²) in [5.41, 5.74) is 3.22. The zero-order chi connectivity index (χ0) is 22.2. The molecule has 0 saturated carbocycles. The molecule has 32 heavy (non-hydrogen) atoms. The molecule has 2 aliphatic heterocycles. The number of aromatic amines is 1. The number of aliphatic hydroxyl groups excluding tert-OH is 1. The number of hydrogen-bond donors (Lipinski definition) is 3. The summed E-state index contributed by atoms with van der Waals surface area (Å²) in [6.45, 7) is 6.22. The summed E-state index contributed by atoms with van der Waals surface area (Å²) in [5.74, 6) is 2.47. The van der Waals surface area contributed by atoms with Gasteiger partial charge in [0.15, 0.2) is 5.82 Å². The number of aromatic nitrogens is 4. The van der Waals surface area contributed by atoms with Crippen LogP contribution in [-0.4, -0.2) is 67.9 Å². The fourth-order valence-electron chi connectivity index (χ4n) is 5.06. The highest BCUT2D eigenvalue weighted by molar-refractivity contribution is 5.85. The maximum atomic E-state index is 13.3. The van der Waals surface area contributed by atoms with Crippen molar-refractivity contribution in [2.45, 2.75) is 76.9 Å². The Hall–Kier alpha value is -2.68. The van der Waals surface area contributed by atoms with Gasteiger partial charge in [0, 0.05) is 43.4 Å². The predicted octanol–water partition coefficient (Wildman–Crippen LogP) is 2.51. The molecule has 1 aliphatic carbocycles. The maximum absolute atomic E-state index is 13.3. The molecule has 2 aromatic rings. The second-order valence-electron chi connectivity index (χ2n) is 9.58. The number of amides is 1. The van der Waals surface area contributed by atoms with Crippen LogP contribution in [0.3, 0.4) is 0 Å². The normalized spacial score (nSPS) is 23.1. The van der Waals surface area contributed by atoms with Gasteiger partial charge in [0.2, 0.25) is 11.9 Å². The van der Waals surface area contributed by atoms with Gasteiger partial charge in [-0.15, -0.1) is 0 Å². The lowest BCUT2D eigenvalue weighted by Crippen LogP contribution is -2.48. The number of fused-ring (bicyclic) bond motifs is 1. The highest BCUT2D eigenvalue weighted by Gasteiger charge is 2.40. The standard InChI is InChI=1S/C23H33N7O2/c1-14(2)18-12-20(28-27-18)25-21-16-7-6-8-17(16)24-23(26-21)30-13-15(31)11-19(30)22(32)29-9-4-3-5-10-29/h12,14-15,19,31H,3-11,13H2,1-2H3,(H2,24,25,26,27,28)/t15-,19?/m1/s1. The monoisotopic (exact) mass is 439 g/mol. The van der Waals surface area contributed by atoms with E-state index in [1.807, 2.05) is 15.9 Å². The number of aliphatic hydroxyl groups is 1. The molecule has 2 fully saturated rings. The zero-order valence-corrected chi connectivity index (χ0v) is 19.0. The van der Waals surface area contributed by atoms with Crippen LogP contribution in [-0.2, 0) is 17.6 Å². The molecule has 0 spiro atoms. The first-order valence-corrected chi connectivity index (χ1v) is 11.9. The molecule has 3 aliphatic rings. The fraction of sp³-hybridized carbons (Fsp3) is 0.652. The third-order valence-corrected chi connectivity index (χ3v) is 6.88. The number of piperidine rings is 1. The summed E-state index contributed by atoms with van der Waals surface area (Å²) in [6.07, 6.45) is 6.02. The quantitative estimate of drug-likeness (QED) is 0.656. The summed E-state index contributed by atoms with van der Waals surface area (Å²) in [6, 6.07) is 1.60. The van der Waals surface area contributed by atoms with E-state index in [4.69, 9.17) is 9.97 Å². The van der Waals surface area contributed by atoms with Crippen LogP contribution in [0.5, 0.6) is 0 Å². The molecule has 0 aromatic carbocycles. The molecule has 2 atom stereocenters. The van der Waals surface area contributed by atoms with Crippen LogP contribution in [0.15, 0.2) is 6.07 Å². The molecule has 1 unspecified atom stereocenters. The molecule has 4 heterocycles. The van der Waals surface area contributed by atoms with Gasteiger partial charge >= 0.3 is 0 Å². The molecule has 0 bridgehead atoms. The number of anilines is 3. The Morgan fingerprint density at radius 2 is 2.00 bits per heavy atom. The maximum Gasteiger partial charge on any atom is 0.245 e. The van der Waals surface area contributed by atoms with Gasteiger partial charge < -0.3 is 20.2 Å². The molecule has 9 heteroatoms. The van der Waals surface area contributed by atoms with E-state index < -0.39 is 12.1 Å². The highest BCUT2D eigenvalue weighted by Crippen LogP contribution is 2.33. The Labute approximate surface area is 188 Å². The predicted molar refractivity (Wildman–Crippen MR) is 122 cm³/mol. The van der Waals surface area contributed by atoms with Crippen LogP contribution in [0.1, 0.15) is 68.8 Å². The van der Waals surface area contributed by atoms with Crippen LogP contribution in [0.4, 0.5) is 17.6 Å². The van der Waals surface area contributed by atoms with Crippen molar-refractivity contribution in [1.82, 2.24) is 25.1 Å². The number of H-pyrrole nitrogens is 1. The van der Waals surface area contributed by atoms with Crippen molar-refractivity contribution in [3.8, 4) is 0 Å². The molecule has 2 saturated heterocycles. The fourth-order valence-corrected chi connectivity index (χ4v) is 5.06. The molecule has 9 nitrogen and oxygen atoms in total. The van der Waals surface area contributed by atoms with Crippen molar-refractivity contribution < 1.29 is 9.90 Å². The van der Waals surface area contributed by atoms with Gasteiger partial charge in [-0.05, 0) is 44.4 Å². The summed E-state index contributed by atoms with van der Waals surface area (Å²) in [7, 11) is 0. The summed E-state index contributed by atoms with van der Waals surface area (Å²) in [4.78, 5) is 26.9. The van der Waals surface area contributed by atoms with E-state index in [2.05, 4.69) is 29.4 Å². The van der Waals surface area contributed by atoms with Crippen molar-refractivity contribution in [1.29, 1.82) is 0 Å². The third kappa shape index (κ3) is 4.05. The lowest BCUT2D eigenvalue weighted by atomic mass is 10.1. The molecule has 2 aromatic heterocycles. The first kappa shape index (κ1) is 21.2. The van der Waals surface area contributed by atoms with Crippen LogP contribution in [0.25, 0.3) is 0 Å². The van der Waals surface area contributed by atoms with Crippen molar-refractivity contribution in [3.05, 3.63) is 23.0 Å². The number of β-amino-alcohol motifs (C(OH)–C–C–N with tert-alkyl or cyclic N) is 1. The molecule has 1 amide bonds. The van der Waals surface area contributed by atoms with Crippen LogP contribution in [0, 0.1) is 0 Å². The Morgan fingerprint density at radius 3 is 2.75 bits per heavy atom. The molecule has 0 radical (unpaired) electrons. The zero-order valence-electron chi connectivity index (χ0n) is 19.0. The van der Waals surface area contributed by atoms with Crippen LogP contribution < -0.4 is 10.2 Å². The number of nitrogens with one attached hydrogen (secondary N) is 2. The van der Waals surface area contributed by atoms with E-state index in [0.717, 1.165) is 73.8 Å². The highest BCUT2D eigenvalue weighted by atomic mass is 16.3. The summed E-state index contributed by atoms with van der Waals surface area (Å²) < 4.78 is 0. The second-order valence-corrected chi connectivity index (χ2v) is 9.58. The van der Waals surface area contributed by atoms with Crippen molar-refractivity contribution in [3.63, 3.8) is 0 Å². The molecule has 5 rings (SSSR count). The van der Waals surface area contributed by atoms with Gasteiger partial charge in [-0.25, -0.2) is 4.98 Å². The first-order valence-electron chi connectivity index (χ1n) is 11.9. The van der Waals surface area contributed by atoms with Gasteiger partial charge in [0.1, 0.15) is 11.9 Å². The Bertz CT molecular complexity index is 983. The van der Waals surface area contributed by atoms with E-state index in [1.165, 1.54) is 6.42 Å². The average Bonchev–Trinajstić information content (AvgIpc) is 3.53. The minimum Gasteiger partial charge on any atom is -0.391 e. The van der Waals surface area contributed by atoms with Crippen molar-refractivity contribution in [2.75, 3.05) is 29.9 Å². The number of aryl methyl sites for hydroxylation is 1. The van der Waals surface area contributed by atoms with Gasteiger partial charge in [-0.1, -0.05) is 13.8 Å². The van der Waals surface area contributed by atoms with Crippen molar-refractivity contribution >= 4 is 23.5 Å². The van der Waals surface area contributed by atoms with Crippen molar-refractivity contribution in [2.24, 2.45) is 0 Å². The Kier molecular flexibility index (Phi) is 5.75. The van der Waals surface area contributed by atoms with E-state index in [0.29, 0.717) is 24.8 Å². The number of likely N-dealkylation sites (tertiary alicyclic amines) is 1. The summed E-state index contributed by atoms with van der Waals surface area (Å²) >= 11 is 0. The van der Waals surface area contributed by atoms with Gasteiger partial charge in [-0.3, -0.25) is 9.89 Å². The number of hydrogen-bond acceptors (Lipinski definition) is 7. The molecular formula is C23H33N7O2. The van der Waals surface area contributed by atoms with Gasteiger partial charge in [-0.2, -0.15) is 10.1 Å².